The molecular formula is C10H7ClF2O3. The van der Waals surface area contributed by atoms with Crippen LogP contribution in [-0.2, 0) is 11.2 Å². The zero-order chi connectivity index (χ0) is 11.7. The smallest absolute Gasteiger partial charge is 0.387 e. The highest BCUT2D eigenvalue weighted by Gasteiger charge is 2.23. The van der Waals surface area contributed by atoms with E-state index in [1.165, 1.54) is 6.07 Å². The first-order valence-electron chi connectivity index (χ1n) is 4.54. The van der Waals surface area contributed by atoms with Gasteiger partial charge >= 0.3 is 12.6 Å². The number of aryl methyl sites for hydroxylation is 1. The van der Waals surface area contributed by atoms with Crippen molar-refractivity contribution in [2.75, 3.05) is 0 Å². The third-order valence-corrected chi connectivity index (χ3v) is 2.35. The molecule has 0 fully saturated rings. The number of carbonyl (C=O) groups is 1. The molecule has 0 N–H and O–H groups in total. The topological polar surface area (TPSA) is 35.5 Å². The van der Waals surface area contributed by atoms with Crippen LogP contribution in [0.25, 0.3) is 0 Å². The summed E-state index contributed by atoms with van der Waals surface area (Å²) in [5.74, 6) is -0.625. The molecule has 1 heterocycles. The molecule has 6 heteroatoms. The SMILES string of the molecule is O=C1CCc2cc(Cl)cc(OC(F)F)c2O1. The van der Waals surface area contributed by atoms with Crippen molar-refractivity contribution in [3.05, 3.63) is 22.7 Å². The first-order valence-corrected chi connectivity index (χ1v) is 4.92. The van der Waals surface area contributed by atoms with E-state index in [0.29, 0.717) is 12.0 Å². The number of halogens is 3. The summed E-state index contributed by atoms with van der Waals surface area (Å²) in [5.41, 5.74) is 0.600. The number of benzene rings is 1. The molecular weight excluding hydrogens is 242 g/mol. The summed E-state index contributed by atoms with van der Waals surface area (Å²) in [6.45, 7) is -2.98. The van der Waals surface area contributed by atoms with Crippen LogP contribution >= 0.6 is 11.6 Å². The largest absolute Gasteiger partial charge is 0.431 e. The highest BCUT2D eigenvalue weighted by atomic mass is 35.5. The van der Waals surface area contributed by atoms with Gasteiger partial charge in [-0.15, -0.1) is 0 Å². The van der Waals surface area contributed by atoms with Crippen LogP contribution in [0.2, 0.25) is 5.02 Å². The van der Waals surface area contributed by atoms with Crippen molar-refractivity contribution in [3.8, 4) is 11.5 Å². The fourth-order valence-corrected chi connectivity index (χ4v) is 1.74. The molecule has 0 saturated carbocycles. The van der Waals surface area contributed by atoms with Crippen molar-refractivity contribution in [3.63, 3.8) is 0 Å². The Morgan fingerprint density at radius 3 is 2.81 bits per heavy atom. The minimum atomic E-state index is -2.98. The molecule has 1 aliphatic rings. The van der Waals surface area contributed by atoms with Crippen LogP contribution in [0, 0.1) is 0 Å². The Morgan fingerprint density at radius 2 is 2.12 bits per heavy atom. The third kappa shape index (κ3) is 2.24. The van der Waals surface area contributed by atoms with Crippen LogP contribution in [0.1, 0.15) is 12.0 Å². The molecule has 0 atom stereocenters. The van der Waals surface area contributed by atoms with Crippen LogP contribution in [0.5, 0.6) is 11.5 Å². The molecule has 1 aliphatic heterocycles. The van der Waals surface area contributed by atoms with Crippen LogP contribution in [0.4, 0.5) is 8.78 Å². The Labute approximate surface area is 94.9 Å². The molecule has 0 spiro atoms. The highest BCUT2D eigenvalue weighted by molar-refractivity contribution is 6.30. The van der Waals surface area contributed by atoms with Gasteiger partial charge in [0.25, 0.3) is 0 Å². The minimum absolute atomic E-state index is 0.0425. The summed E-state index contributed by atoms with van der Waals surface area (Å²) in [4.78, 5) is 11.1. The van der Waals surface area contributed by atoms with Crippen molar-refractivity contribution >= 4 is 17.6 Å². The van der Waals surface area contributed by atoms with Gasteiger partial charge in [-0.1, -0.05) is 11.6 Å². The second-order valence-corrected chi connectivity index (χ2v) is 3.68. The zero-order valence-electron chi connectivity index (χ0n) is 8.00. The predicted octanol–water partition coefficient (Wildman–Crippen LogP) is 2.79. The molecule has 1 aromatic rings. The van der Waals surface area contributed by atoms with Crippen molar-refractivity contribution in [2.24, 2.45) is 0 Å². The predicted molar refractivity (Wildman–Crippen MR) is 52.0 cm³/mol. The highest BCUT2D eigenvalue weighted by Crippen LogP contribution is 2.38. The fourth-order valence-electron chi connectivity index (χ4n) is 1.51. The van der Waals surface area contributed by atoms with Gasteiger partial charge < -0.3 is 9.47 Å². The van der Waals surface area contributed by atoms with Gasteiger partial charge in [0, 0.05) is 16.7 Å². The standard InChI is InChI=1S/C10H7ClF2O3/c11-6-3-5-1-2-8(14)16-9(5)7(4-6)15-10(12)13/h3-4,10H,1-2H2. The Morgan fingerprint density at radius 1 is 1.38 bits per heavy atom. The summed E-state index contributed by atoms with van der Waals surface area (Å²) < 4.78 is 33.3. The average Bonchev–Trinajstić information content (AvgIpc) is 2.18. The number of hydrogen-bond donors (Lipinski definition) is 0. The zero-order valence-corrected chi connectivity index (χ0v) is 8.76. The minimum Gasteiger partial charge on any atom is -0.431 e. The molecule has 0 unspecified atom stereocenters. The maximum atomic E-state index is 12.1. The number of fused-ring (bicyclic) bond motifs is 1. The fraction of sp³-hybridized carbons (Fsp3) is 0.300. The molecule has 0 saturated heterocycles. The Hall–Kier alpha value is -1.36. The van der Waals surface area contributed by atoms with Gasteiger partial charge in [0.2, 0.25) is 0 Å². The maximum absolute atomic E-state index is 12.1. The van der Waals surface area contributed by atoms with Gasteiger partial charge in [-0.3, -0.25) is 4.79 Å². The molecule has 86 valence electrons. The molecule has 0 radical (unpaired) electrons. The summed E-state index contributed by atoms with van der Waals surface area (Å²) in [6.07, 6.45) is 0.621. The van der Waals surface area contributed by atoms with Gasteiger partial charge in [-0.25, -0.2) is 0 Å². The van der Waals surface area contributed by atoms with E-state index in [0.717, 1.165) is 0 Å². The van der Waals surface area contributed by atoms with E-state index >= 15 is 0 Å². The maximum Gasteiger partial charge on any atom is 0.387 e. The van der Waals surface area contributed by atoms with E-state index in [-0.39, 0.29) is 22.9 Å². The number of rotatable bonds is 2. The van der Waals surface area contributed by atoms with E-state index in [9.17, 15) is 13.6 Å². The van der Waals surface area contributed by atoms with E-state index in [2.05, 4.69) is 4.74 Å². The summed E-state index contributed by atoms with van der Waals surface area (Å²) >= 11 is 5.74. The van der Waals surface area contributed by atoms with E-state index < -0.39 is 12.6 Å². The van der Waals surface area contributed by atoms with Crippen molar-refractivity contribution in [2.45, 2.75) is 19.5 Å². The lowest BCUT2D eigenvalue weighted by molar-refractivity contribution is -0.135. The lowest BCUT2D eigenvalue weighted by Gasteiger charge is -2.19. The number of esters is 1. The molecule has 0 aromatic heterocycles. The van der Waals surface area contributed by atoms with Crippen molar-refractivity contribution in [1.29, 1.82) is 0 Å². The summed E-state index contributed by atoms with van der Waals surface area (Å²) in [6, 6.07) is 2.77. The van der Waals surface area contributed by atoms with Gasteiger partial charge in [0.15, 0.2) is 11.5 Å². The first-order chi connectivity index (χ1) is 7.56. The summed E-state index contributed by atoms with van der Waals surface area (Å²) in [7, 11) is 0. The normalized spacial score (nSPS) is 14.6. The second-order valence-electron chi connectivity index (χ2n) is 3.24. The van der Waals surface area contributed by atoms with E-state index in [1.54, 1.807) is 6.07 Å². The van der Waals surface area contributed by atoms with Gasteiger partial charge in [0.1, 0.15) is 0 Å². The Balaban J connectivity index is 2.42. The quantitative estimate of drug-likeness (QED) is 0.596. The molecule has 0 aliphatic carbocycles. The van der Waals surface area contributed by atoms with Crippen LogP contribution < -0.4 is 9.47 Å². The number of alkyl halides is 2. The lowest BCUT2D eigenvalue weighted by Crippen LogP contribution is -2.17. The first kappa shape index (κ1) is 11.1. The molecule has 3 nitrogen and oxygen atoms in total. The molecule has 2 rings (SSSR count). The summed E-state index contributed by atoms with van der Waals surface area (Å²) in [5, 5.41) is 0.271. The van der Waals surface area contributed by atoms with Crippen molar-refractivity contribution < 1.29 is 23.0 Å². The molecule has 0 amide bonds. The number of hydrogen-bond acceptors (Lipinski definition) is 3. The van der Waals surface area contributed by atoms with E-state index in [4.69, 9.17) is 16.3 Å². The second kappa shape index (κ2) is 4.25. The Bertz CT molecular complexity index is 434. The monoisotopic (exact) mass is 248 g/mol. The van der Waals surface area contributed by atoms with Gasteiger partial charge in [-0.05, 0) is 12.5 Å². The van der Waals surface area contributed by atoms with E-state index in [1.807, 2.05) is 0 Å². The molecule has 0 bridgehead atoms. The van der Waals surface area contributed by atoms with Crippen LogP contribution in [-0.4, -0.2) is 12.6 Å². The van der Waals surface area contributed by atoms with Crippen molar-refractivity contribution in [1.82, 2.24) is 0 Å². The Kier molecular flexibility index (Phi) is 2.96. The molecule has 16 heavy (non-hydrogen) atoms. The van der Waals surface area contributed by atoms with Gasteiger partial charge in [-0.2, -0.15) is 8.78 Å². The average molecular weight is 249 g/mol. The molecule has 1 aromatic carbocycles. The lowest BCUT2D eigenvalue weighted by atomic mass is 10.1. The third-order valence-electron chi connectivity index (χ3n) is 2.13. The number of carbonyl (C=O) groups excluding carboxylic acids is 1. The van der Waals surface area contributed by atoms with Crippen LogP contribution in [0.3, 0.4) is 0 Å². The van der Waals surface area contributed by atoms with Gasteiger partial charge in [0.05, 0.1) is 6.42 Å². The van der Waals surface area contributed by atoms with Crippen LogP contribution in [0.15, 0.2) is 12.1 Å². The number of ether oxygens (including phenoxy) is 2.